The fraction of sp³-hybridized carbons (Fsp3) is 0.0526. The number of hydrogen-bond donors (Lipinski definition) is 0. The van der Waals surface area contributed by atoms with Gasteiger partial charge in [0.05, 0.1) is 4.92 Å². The summed E-state index contributed by atoms with van der Waals surface area (Å²) in [7, 11) is 0. The molecule has 3 rings (SSSR count). The van der Waals surface area contributed by atoms with E-state index in [2.05, 4.69) is 6.58 Å². The van der Waals surface area contributed by atoms with Crippen molar-refractivity contribution >= 4 is 35.4 Å². The highest BCUT2D eigenvalue weighted by atomic mass is 35.5. The molecule has 0 radical (unpaired) electrons. The van der Waals surface area contributed by atoms with E-state index in [1.165, 1.54) is 6.08 Å². The lowest BCUT2D eigenvalue weighted by Crippen LogP contribution is -2.20. The van der Waals surface area contributed by atoms with Crippen LogP contribution in [0.3, 0.4) is 0 Å². The van der Waals surface area contributed by atoms with Crippen molar-refractivity contribution in [2.24, 2.45) is 0 Å². The highest BCUT2D eigenvalue weighted by Crippen LogP contribution is 2.42. The lowest BCUT2D eigenvalue weighted by Gasteiger charge is -2.24. The maximum atomic E-state index is 11.6. The summed E-state index contributed by atoms with van der Waals surface area (Å²) < 4.78 is 5.89. The normalized spacial score (nSPS) is 16.1. The Hall–Kier alpha value is -2.56. The van der Waals surface area contributed by atoms with Gasteiger partial charge in [-0.2, -0.15) is 0 Å². The monoisotopic (exact) mass is 373 g/mol. The van der Waals surface area contributed by atoms with Crippen molar-refractivity contribution < 1.29 is 9.66 Å². The van der Waals surface area contributed by atoms with E-state index in [4.69, 9.17) is 27.9 Å². The summed E-state index contributed by atoms with van der Waals surface area (Å²) in [4.78, 5) is 11.1. The van der Waals surface area contributed by atoms with Crippen LogP contribution in [0.5, 0.6) is 5.75 Å². The lowest BCUT2D eigenvalue weighted by molar-refractivity contribution is -0.434. The Labute approximate surface area is 154 Å². The number of halogens is 2. The van der Waals surface area contributed by atoms with Gasteiger partial charge in [0.15, 0.2) is 0 Å². The molecule has 0 bridgehead atoms. The minimum Gasteiger partial charge on any atom is -0.474 e. The smallest absolute Gasteiger partial charge is 0.291 e. The summed E-state index contributed by atoms with van der Waals surface area (Å²) in [6.45, 7) is 3.62. The number of nitrogens with zero attached hydrogens (tertiary/aromatic N) is 1. The molecule has 126 valence electrons. The van der Waals surface area contributed by atoms with Gasteiger partial charge in [0.2, 0.25) is 6.10 Å². The molecule has 0 fully saturated rings. The first-order valence-corrected chi connectivity index (χ1v) is 8.16. The predicted molar refractivity (Wildman–Crippen MR) is 100 cm³/mol. The summed E-state index contributed by atoms with van der Waals surface area (Å²) in [5.41, 5.74) is 1.77. The molecule has 0 aromatic heterocycles. The van der Waals surface area contributed by atoms with Crippen LogP contribution in [0, 0.1) is 10.1 Å². The quantitative estimate of drug-likeness (QED) is 0.378. The van der Waals surface area contributed by atoms with Gasteiger partial charge in [-0.15, -0.1) is 0 Å². The van der Waals surface area contributed by atoms with E-state index in [0.717, 1.165) is 5.56 Å². The third kappa shape index (κ3) is 3.45. The third-order valence-corrected chi connectivity index (χ3v) is 4.41. The van der Waals surface area contributed by atoms with Crippen LogP contribution < -0.4 is 4.74 Å². The average molecular weight is 374 g/mol. The van der Waals surface area contributed by atoms with Gasteiger partial charge in [0.1, 0.15) is 5.75 Å². The molecule has 25 heavy (non-hydrogen) atoms. The van der Waals surface area contributed by atoms with E-state index >= 15 is 0 Å². The third-order valence-electron chi connectivity index (χ3n) is 3.75. The Morgan fingerprint density at radius 2 is 1.92 bits per heavy atom. The first-order valence-electron chi connectivity index (χ1n) is 7.41. The van der Waals surface area contributed by atoms with Crippen molar-refractivity contribution in [3.8, 4) is 5.75 Å². The fourth-order valence-corrected chi connectivity index (χ4v) is 3.20. The van der Waals surface area contributed by atoms with Crippen molar-refractivity contribution in [2.75, 3.05) is 0 Å². The molecule has 0 saturated heterocycles. The molecule has 1 heterocycles. The molecule has 0 aliphatic carbocycles. The van der Waals surface area contributed by atoms with Crippen molar-refractivity contribution in [1.29, 1.82) is 0 Å². The molecule has 1 aliphatic rings. The molecule has 1 atom stereocenters. The molecule has 1 unspecified atom stereocenters. The number of fused-ring (bicyclic) bond motifs is 1. The summed E-state index contributed by atoms with van der Waals surface area (Å²) >= 11 is 12.4. The second-order valence-electron chi connectivity index (χ2n) is 5.35. The van der Waals surface area contributed by atoms with Gasteiger partial charge in [-0.3, -0.25) is 10.1 Å². The Morgan fingerprint density at radius 3 is 2.56 bits per heavy atom. The lowest BCUT2D eigenvalue weighted by atomic mass is 9.99. The van der Waals surface area contributed by atoms with Crippen LogP contribution in [-0.4, -0.2) is 4.92 Å². The number of rotatable bonds is 4. The minimum atomic E-state index is -0.974. The van der Waals surface area contributed by atoms with Crippen molar-refractivity contribution in [1.82, 2.24) is 0 Å². The predicted octanol–water partition coefficient (Wildman–Crippen LogP) is 5.94. The van der Waals surface area contributed by atoms with Crippen LogP contribution >= 0.6 is 23.2 Å². The minimum absolute atomic E-state index is 0.118. The maximum Gasteiger partial charge on any atom is 0.291 e. The zero-order valence-corrected chi connectivity index (χ0v) is 14.5. The summed E-state index contributed by atoms with van der Waals surface area (Å²) in [6, 6.07) is 10.4. The van der Waals surface area contributed by atoms with Gasteiger partial charge in [-0.05, 0) is 29.8 Å². The average Bonchev–Trinajstić information content (AvgIpc) is 2.59. The first kappa shape index (κ1) is 17.3. The van der Waals surface area contributed by atoms with Crippen LogP contribution in [0.2, 0.25) is 10.0 Å². The molecule has 0 spiro atoms. The van der Waals surface area contributed by atoms with Gasteiger partial charge in [0, 0.05) is 27.2 Å². The molecule has 4 nitrogen and oxygen atoms in total. The van der Waals surface area contributed by atoms with E-state index in [1.807, 2.05) is 18.2 Å². The topological polar surface area (TPSA) is 52.4 Å². The van der Waals surface area contributed by atoms with Gasteiger partial charge in [0.25, 0.3) is 5.70 Å². The Kier molecular flexibility index (Phi) is 4.93. The molecule has 0 saturated carbocycles. The highest BCUT2D eigenvalue weighted by molar-refractivity contribution is 6.36. The fourth-order valence-electron chi connectivity index (χ4n) is 2.61. The number of nitro groups is 1. The number of hydrogen-bond acceptors (Lipinski definition) is 3. The molecule has 2 aromatic rings. The van der Waals surface area contributed by atoms with Gasteiger partial charge >= 0.3 is 0 Å². The molecule has 2 aromatic carbocycles. The Bertz CT molecular complexity index is 899. The van der Waals surface area contributed by atoms with E-state index in [1.54, 1.807) is 36.4 Å². The van der Waals surface area contributed by atoms with E-state index in [9.17, 15) is 10.1 Å². The van der Waals surface area contributed by atoms with Crippen LogP contribution in [0.1, 0.15) is 22.8 Å². The standard InChI is InChI=1S/C19H13Cl2NO3/c1-2-3-5-12-8-9-17-13(10-12)11-16(22(23)24)19(25-17)18-14(20)6-4-7-15(18)21/h2-11,19H,1H2. The largest absolute Gasteiger partial charge is 0.474 e. The first-order chi connectivity index (χ1) is 12.0. The van der Waals surface area contributed by atoms with Crippen LogP contribution in [0.25, 0.3) is 12.2 Å². The highest BCUT2D eigenvalue weighted by Gasteiger charge is 2.36. The van der Waals surface area contributed by atoms with Gasteiger partial charge in [-0.25, -0.2) is 0 Å². The van der Waals surface area contributed by atoms with E-state index in [-0.39, 0.29) is 5.70 Å². The van der Waals surface area contributed by atoms with Gasteiger partial charge in [-0.1, -0.05) is 60.1 Å². The molecule has 0 N–H and O–H groups in total. The molecular formula is C19H13Cl2NO3. The van der Waals surface area contributed by atoms with Crippen LogP contribution in [-0.2, 0) is 0 Å². The second-order valence-corrected chi connectivity index (χ2v) is 6.17. The molecule has 1 aliphatic heterocycles. The molecule has 6 heteroatoms. The molecule has 0 amide bonds. The van der Waals surface area contributed by atoms with Crippen LogP contribution in [0.15, 0.2) is 60.8 Å². The summed E-state index contributed by atoms with van der Waals surface area (Å²) in [6.07, 6.45) is 5.82. The van der Waals surface area contributed by atoms with E-state index in [0.29, 0.717) is 26.9 Å². The van der Waals surface area contributed by atoms with Crippen molar-refractivity contribution in [2.45, 2.75) is 6.10 Å². The van der Waals surface area contributed by atoms with E-state index < -0.39 is 11.0 Å². The zero-order valence-electron chi connectivity index (χ0n) is 13.0. The molecular weight excluding hydrogens is 361 g/mol. The second kappa shape index (κ2) is 7.13. The van der Waals surface area contributed by atoms with Gasteiger partial charge < -0.3 is 4.74 Å². The Morgan fingerprint density at radius 1 is 1.20 bits per heavy atom. The summed E-state index contributed by atoms with van der Waals surface area (Å²) in [5, 5.41) is 12.2. The Balaban J connectivity index is 2.11. The van der Waals surface area contributed by atoms with Crippen molar-refractivity contribution in [3.05, 3.63) is 97.7 Å². The zero-order chi connectivity index (χ0) is 18.0. The maximum absolute atomic E-state index is 11.6. The van der Waals surface area contributed by atoms with Crippen LogP contribution in [0.4, 0.5) is 0 Å². The number of benzene rings is 2. The summed E-state index contributed by atoms with van der Waals surface area (Å²) in [5.74, 6) is 0.530. The SMILES string of the molecule is C=CC=Cc1ccc2c(c1)C=C([N+](=O)[O-])C(c1c(Cl)cccc1Cl)O2. The van der Waals surface area contributed by atoms with Crippen molar-refractivity contribution in [3.63, 3.8) is 0 Å². The number of allylic oxidation sites excluding steroid dienone is 2. The number of ether oxygens (including phenoxy) is 1.